The molecule has 0 nitrogen and oxygen atoms in total. The Morgan fingerprint density at radius 2 is 1.00 bits per heavy atom. The maximum Gasteiger partial charge on any atom is 0.166 e. The molecule has 256 valence electrons. The van der Waals surface area contributed by atoms with E-state index in [1.54, 1.807) is 48.5 Å². The van der Waals surface area contributed by atoms with E-state index in [1.807, 2.05) is 0 Å². The molecule has 0 radical (unpaired) electrons. The molecule has 5 rings (SSSR count). The largest absolute Gasteiger partial charge is 0.203 e. The minimum absolute atomic E-state index is 0.0602. The SMILES string of the molecule is CCCCCCCCCCc1ccc(-c2ccc(-c3ccc(C4CCC(C5CCC(CCC)CC5)CC4)c(F)c3F)cc2)c(F)c1F. The topological polar surface area (TPSA) is 0 Å². The number of hydrogen-bond donors (Lipinski definition) is 0. The molecule has 0 saturated heterocycles. The fourth-order valence-electron chi connectivity index (χ4n) is 8.64. The molecule has 0 aliphatic heterocycles. The summed E-state index contributed by atoms with van der Waals surface area (Å²) in [5.74, 6) is -0.705. The third kappa shape index (κ3) is 9.09. The van der Waals surface area contributed by atoms with Gasteiger partial charge in [-0.2, -0.15) is 0 Å². The Bertz CT molecular complexity index is 1390. The molecule has 0 unspecified atom stereocenters. The highest BCUT2D eigenvalue weighted by Crippen LogP contribution is 2.45. The maximum atomic E-state index is 15.5. The summed E-state index contributed by atoms with van der Waals surface area (Å²) in [4.78, 5) is 0. The standard InChI is InChI=1S/C43H56F4/c1-3-5-6-7-8-9-10-11-13-36-26-27-37(41(45)40(36)44)34-22-24-35(25-23-34)39-29-28-38(42(46)43(39)47)33-20-18-32(19-21-33)31-16-14-30(12-4-2)15-17-31/h22-33H,3-21H2,1-2H3. The van der Waals surface area contributed by atoms with Crippen molar-refractivity contribution in [2.24, 2.45) is 17.8 Å². The molecule has 0 heterocycles. The molecule has 2 saturated carbocycles. The first-order valence-corrected chi connectivity index (χ1v) is 19.0. The molecule has 2 aliphatic rings. The summed E-state index contributed by atoms with van der Waals surface area (Å²) in [7, 11) is 0. The lowest BCUT2D eigenvalue weighted by atomic mass is 9.68. The van der Waals surface area contributed by atoms with Gasteiger partial charge in [0, 0.05) is 11.1 Å². The predicted molar refractivity (Wildman–Crippen MR) is 189 cm³/mol. The first kappa shape index (κ1) is 35.7. The van der Waals surface area contributed by atoms with Crippen LogP contribution in [0.3, 0.4) is 0 Å². The van der Waals surface area contributed by atoms with Crippen LogP contribution in [0.1, 0.15) is 146 Å². The monoisotopic (exact) mass is 648 g/mol. The molecule has 0 N–H and O–H groups in total. The van der Waals surface area contributed by atoms with Gasteiger partial charge in [-0.15, -0.1) is 0 Å². The van der Waals surface area contributed by atoms with Crippen LogP contribution in [0.4, 0.5) is 17.6 Å². The van der Waals surface area contributed by atoms with Crippen molar-refractivity contribution < 1.29 is 17.6 Å². The zero-order valence-electron chi connectivity index (χ0n) is 28.9. The summed E-state index contributed by atoms with van der Waals surface area (Å²) in [6.45, 7) is 4.49. The average Bonchev–Trinajstić information content (AvgIpc) is 3.10. The van der Waals surface area contributed by atoms with Crippen LogP contribution in [0.5, 0.6) is 0 Å². The molecule has 2 fully saturated rings. The van der Waals surface area contributed by atoms with Gasteiger partial charge in [-0.3, -0.25) is 0 Å². The smallest absolute Gasteiger partial charge is 0.166 e. The lowest BCUT2D eigenvalue weighted by Gasteiger charge is -2.38. The Kier molecular flexibility index (Phi) is 13.4. The van der Waals surface area contributed by atoms with Crippen molar-refractivity contribution in [3.05, 3.63) is 82.9 Å². The van der Waals surface area contributed by atoms with Gasteiger partial charge in [0.25, 0.3) is 0 Å². The predicted octanol–water partition coefficient (Wildman–Crippen LogP) is 14.1. The van der Waals surface area contributed by atoms with Gasteiger partial charge in [0.15, 0.2) is 23.3 Å². The minimum Gasteiger partial charge on any atom is -0.203 e. The lowest BCUT2D eigenvalue weighted by molar-refractivity contribution is 0.156. The number of unbranched alkanes of at least 4 members (excludes halogenated alkanes) is 7. The van der Waals surface area contributed by atoms with Crippen molar-refractivity contribution >= 4 is 0 Å². The second-order valence-corrected chi connectivity index (χ2v) is 14.7. The van der Waals surface area contributed by atoms with Gasteiger partial charge in [-0.1, -0.05) is 133 Å². The Hall–Kier alpha value is -2.62. The van der Waals surface area contributed by atoms with Crippen molar-refractivity contribution in [2.45, 2.75) is 142 Å². The highest BCUT2D eigenvalue weighted by Gasteiger charge is 2.32. The Balaban J connectivity index is 1.16. The van der Waals surface area contributed by atoms with Crippen molar-refractivity contribution in [2.75, 3.05) is 0 Å². The summed E-state index contributed by atoms with van der Waals surface area (Å²) in [6.07, 6.45) is 21.9. The van der Waals surface area contributed by atoms with E-state index in [4.69, 9.17) is 0 Å². The fraction of sp³-hybridized carbons (Fsp3) is 0.581. The number of halogens is 4. The first-order chi connectivity index (χ1) is 22.9. The lowest BCUT2D eigenvalue weighted by Crippen LogP contribution is -2.25. The van der Waals surface area contributed by atoms with Crippen LogP contribution in [-0.4, -0.2) is 0 Å². The van der Waals surface area contributed by atoms with Crippen LogP contribution in [-0.2, 0) is 6.42 Å². The maximum absolute atomic E-state index is 15.5. The Morgan fingerprint density at radius 1 is 0.489 bits per heavy atom. The van der Waals surface area contributed by atoms with Gasteiger partial charge in [0.05, 0.1) is 0 Å². The van der Waals surface area contributed by atoms with Crippen molar-refractivity contribution in [1.82, 2.24) is 0 Å². The summed E-state index contributed by atoms with van der Waals surface area (Å²) < 4.78 is 61.1. The van der Waals surface area contributed by atoms with Gasteiger partial charge >= 0.3 is 0 Å². The molecule has 47 heavy (non-hydrogen) atoms. The molecule has 3 aromatic rings. The molecule has 0 bridgehead atoms. The van der Waals surface area contributed by atoms with E-state index in [9.17, 15) is 4.39 Å². The number of benzene rings is 3. The zero-order chi connectivity index (χ0) is 33.2. The highest BCUT2D eigenvalue weighted by atomic mass is 19.2. The van der Waals surface area contributed by atoms with Crippen LogP contribution >= 0.6 is 0 Å². The van der Waals surface area contributed by atoms with Crippen molar-refractivity contribution in [3.8, 4) is 22.3 Å². The van der Waals surface area contributed by atoms with Crippen LogP contribution in [0, 0.1) is 41.0 Å². The Labute approximate surface area is 281 Å². The number of hydrogen-bond acceptors (Lipinski definition) is 0. The van der Waals surface area contributed by atoms with E-state index < -0.39 is 23.3 Å². The molecule has 0 atom stereocenters. The first-order valence-electron chi connectivity index (χ1n) is 19.0. The molecule has 0 aromatic heterocycles. The molecule has 4 heteroatoms. The molecule has 2 aliphatic carbocycles. The second kappa shape index (κ2) is 17.7. The van der Waals surface area contributed by atoms with Gasteiger partial charge in [-0.25, -0.2) is 17.6 Å². The summed E-state index contributed by atoms with van der Waals surface area (Å²) in [5, 5.41) is 0. The van der Waals surface area contributed by atoms with Crippen LogP contribution in [0.15, 0.2) is 48.5 Å². The minimum atomic E-state index is -0.852. The number of aryl methyl sites for hydroxylation is 1. The average molecular weight is 649 g/mol. The van der Waals surface area contributed by atoms with E-state index in [1.165, 1.54) is 70.6 Å². The quantitative estimate of drug-likeness (QED) is 0.114. The van der Waals surface area contributed by atoms with Crippen molar-refractivity contribution in [1.29, 1.82) is 0 Å². The molecule has 0 spiro atoms. The van der Waals surface area contributed by atoms with Crippen LogP contribution < -0.4 is 0 Å². The zero-order valence-corrected chi connectivity index (χ0v) is 28.9. The molecular formula is C43H56F4. The fourth-order valence-corrected chi connectivity index (χ4v) is 8.64. The van der Waals surface area contributed by atoms with E-state index in [0.717, 1.165) is 62.7 Å². The highest BCUT2D eigenvalue weighted by molar-refractivity contribution is 5.71. The summed E-state index contributed by atoms with van der Waals surface area (Å²) >= 11 is 0. The second-order valence-electron chi connectivity index (χ2n) is 14.7. The molecular weight excluding hydrogens is 592 g/mol. The number of rotatable bonds is 15. The normalized spacial score (nSPS) is 21.7. The molecule has 0 amide bonds. The summed E-state index contributed by atoms with van der Waals surface area (Å²) in [5.41, 5.74) is 2.32. The Morgan fingerprint density at radius 3 is 1.57 bits per heavy atom. The van der Waals surface area contributed by atoms with Crippen LogP contribution in [0.2, 0.25) is 0 Å². The van der Waals surface area contributed by atoms with Crippen molar-refractivity contribution in [3.63, 3.8) is 0 Å². The van der Waals surface area contributed by atoms with E-state index >= 15 is 13.2 Å². The van der Waals surface area contributed by atoms with E-state index in [2.05, 4.69) is 13.8 Å². The van der Waals surface area contributed by atoms with Gasteiger partial charge in [-0.05, 0) is 97.3 Å². The third-order valence-corrected chi connectivity index (χ3v) is 11.5. The van der Waals surface area contributed by atoms with Gasteiger partial charge in [0.2, 0.25) is 0 Å². The summed E-state index contributed by atoms with van der Waals surface area (Å²) in [6, 6.07) is 13.4. The van der Waals surface area contributed by atoms with Gasteiger partial charge < -0.3 is 0 Å². The van der Waals surface area contributed by atoms with E-state index in [-0.39, 0.29) is 17.0 Å². The van der Waals surface area contributed by atoms with E-state index in [0.29, 0.717) is 28.7 Å². The molecule has 3 aromatic carbocycles. The van der Waals surface area contributed by atoms with Gasteiger partial charge in [0.1, 0.15) is 0 Å². The van der Waals surface area contributed by atoms with Crippen LogP contribution in [0.25, 0.3) is 22.3 Å². The third-order valence-electron chi connectivity index (χ3n) is 11.5.